The van der Waals surface area contributed by atoms with Crippen LogP contribution in [0.2, 0.25) is 0 Å². The summed E-state index contributed by atoms with van der Waals surface area (Å²) in [6, 6.07) is 4.13. The van der Waals surface area contributed by atoms with E-state index in [-0.39, 0.29) is 0 Å². The fourth-order valence-electron chi connectivity index (χ4n) is 2.55. The number of nitrogens with zero attached hydrogens (tertiary/aromatic N) is 4. The molecule has 5 nitrogen and oxygen atoms in total. The molecule has 0 spiro atoms. The number of hydrogen-bond acceptors (Lipinski definition) is 3. The molecule has 0 saturated carbocycles. The highest BCUT2D eigenvalue weighted by molar-refractivity contribution is 5.80. The lowest BCUT2D eigenvalue weighted by atomic mass is 10.2. The van der Waals surface area contributed by atoms with Crippen LogP contribution in [0.1, 0.15) is 11.1 Å². The van der Waals surface area contributed by atoms with Crippen LogP contribution in [0.3, 0.4) is 0 Å². The Morgan fingerprint density at radius 1 is 1.30 bits per heavy atom. The quantitative estimate of drug-likeness (QED) is 0.767. The molecule has 0 aliphatic heterocycles. The van der Waals surface area contributed by atoms with Gasteiger partial charge in [-0.3, -0.25) is 4.68 Å². The predicted molar refractivity (Wildman–Crippen MR) is 79.4 cm³/mol. The number of hydrogen-bond donors (Lipinski definition) is 1. The van der Waals surface area contributed by atoms with Crippen LogP contribution < -0.4 is 5.32 Å². The summed E-state index contributed by atoms with van der Waals surface area (Å²) >= 11 is 0. The molecule has 0 radical (unpaired) electrons. The summed E-state index contributed by atoms with van der Waals surface area (Å²) in [5, 5.41) is 8.65. The highest BCUT2D eigenvalue weighted by atomic mass is 15.2. The van der Waals surface area contributed by atoms with Gasteiger partial charge in [0, 0.05) is 44.1 Å². The lowest BCUT2D eigenvalue weighted by molar-refractivity contribution is 0.708. The maximum absolute atomic E-state index is 4.52. The van der Waals surface area contributed by atoms with E-state index in [4.69, 9.17) is 0 Å². The SMILES string of the molecule is CNCc1cn(CCc2cnn(C)c2)c2ncccc12. The molecule has 0 atom stereocenters. The first kappa shape index (κ1) is 12.9. The molecular weight excluding hydrogens is 250 g/mol. The van der Waals surface area contributed by atoms with Gasteiger partial charge in [0.1, 0.15) is 5.65 Å². The zero-order valence-corrected chi connectivity index (χ0v) is 11.9. The Kier molecular flexibility index (Phi) is 3.52. The normalized spacial score (nSPS) is 11.3. The summed E-state index contributed by atoms with van der Waals surface area (Å²) in [6.07, 6.45) is 9.01. The van der Waals surface area contributed by atoms with E-state index in [1.54, 1.807) is 0 Å². The Labute approximate surface area is 118 Å². The van der Waals surface area contributed by atoms with Crippen molar-refractivity contribution in [3.8, 4) is 0 Å². The smallest absolute Gasteiger partial charge is 0.140 e. The highest BCUT2D eigenvalue weighted by Crippen LogP contribution is 2.19. The van der Waals surface area contributed by atoms with Gasteiger partial charge in [-0.2, -0.15) is 5.10 Å². The maximum Gasteiger partial charge on any atom is 0.140 e. The van der Waals surface area contributed by atoms with Gasteiger partial charge in [0.25, 0.3) is 0 Å². The van der Waals surface area contributed by atoms with Crippen molar-refractivity contribution in [1.29, 1.82) is 0 Å². The maximum atomic E-state index is 4.52. The summed E-state index contributed by atoms with van der Waals surface area (Å²) in [5.74, 6) is 0. The minimum absolute atomic E-state index is 0.863. The van der Waals surface area contributed by atoms with Crippen molar-refractivity contribution in [3.05, 3.63) is 48.0 Å². The third kappa shape index (κ3) is 2.44. The Morgan fingerprint density at radius 3 is 2.95 bits per heavy atom. The van der Waals surface area contributed by atoms with Crippen LogP contribution in [0.4, 0.5) is 0 Å². The highest BCUT2D eigenvalue weighted by Gasteiger charge is 2.08. The van der Waals surface area contributed by atoms with Gasteiger partial charge in [0.2, 0.25) is 0 Å². The first-order valence-corrected chi connectivity index (χ1v) is 6.83. The monoisotopic (exact) mass is 269 g/mol. The van der Waals surface area contributed by atoms with Crippen LogP contribution in [-0.4, -0.2) is 26.4 Å². The Bertz CT molecular complexity index is 710. The average molecular weight is 269 g/mol. The van der Waals surface area contributed by atoms with E-state index >= 15 is 0 Å². The second kappa shape index (κ2) is 5.46. The Balaban J connectivity index is 1.87. The van der Waals surface area contributed by atoms with Crippen molar-refractivity contribution >= 4 is 11.0 Å². The van der Waals surface area contributed by atoms with Crippen molar-refractivity contribution in [1.82, 2.24) is 24.6 Å². The molecule has 0 fully saturated rings. The molecule has 0 aliphatic carbocycles. The number of nitrogens with one attached hydrogen (secondary N) is 1. The molecule has 3 rings (SSSR count). The molecule has 0 unspecified atom stereocenters. The van der Waals surface area contributed by atoms with E-state index in [2.05, 4.69) is 38.4 Å². The fraction of sp³-hybridized carbons (Fsp3) is 0.333. The van der Waals surface area contributed by atoms with Gasteiger partial charge in [0.05, 0.1) is 6.20 Å². The fourth-order valence-corrected chi connectivity index (χ4v) is 2.55. The van der Waals surface area contributed by atoms with Crippen molar-refractivity contribution in [2.75, 3.05) is 7.05 Å². The summed E-state index contributed by atoms with van der Waals surface area (Å²) in [7, 11) is 3.91. The molecule has 3 heterocycles. The second-order valence-electron chi connectivity index (χ2n) is 5.02. The van der Waals surface area contributed by atoms with Gasteiger partial charge in [-0.1, -0.05) is 0 Å². The second-order valence-corrected chi connectivity index (χ2v) is 5.02. The topological polar surface area (TPSA) is 47.7 Å². The van der Waals surface area contributed by atoms with Crippen molar-refractivity contribution in [3.63, 3.8) is 0 Å². The van der Waals surface area contributed by atoms with E-state index in [0.717, 1.165) is 25.2 Å². The number of rotatable bonds is 5. The minimum Gasteiger partial charge on any atom is -0.332 e. The van der Waals surface area contributed by atoms with Gasteiger partial charge >= 0.3 is 0 Å². The number of aromatic nitrogens is 4. The van der Waals surface area contributed by atoms with E-state index in [1.807, 2.05) is 37.2 Å². The van der Waals surface area contributed by atoms with Crippen LogP contribution in [-0.2, 0) is 26.6 Å². The first-order valence-electron chi connectivity index (χ1n) is 6.83. The molecule has 5 heteroatoms. The molecule has 104 valence electrons. The summed E-state index contributed by atoms with van der Waals surface area (Å²) < 4.78 is 4.07. The molecular formula is C15H19N5. The molecule has 0 bridgehead atoms. The van der Waals surface area contributed by atoms with Gasteiger partial charge in [0.15, 0.2) is 0 Å². The van der Waals surface area contributed by atoms with Crippen LogP contribution in [0, 0.1) is 0 Å². The molecule has 0 aromatic carbocycles. The summed E-state index contributed by atoms with van der Waals surface area (Å²) in [4.78, 5) is 4.52. The van der Waals surface area contributed by atoms with Gasteiger partial charge in [-0.25, -0.2) is 4.98 Å². The van der Waals surface area contributed by atoms with E-state index < -0.39 is 0 Å². The molecule has 0 amide bonds. The predicted octanol–water partition coefficient (Wildman–Crippen LogP) is 1.73. The van der Waals surface area contributed by atoms with Gasteiger partial charge in [-0.05, 0) is 36.7 Å². The Hall–Kier alpha value is -2.14. The molecule has 3 aromatic rings. The lowest BCUT2D eigenvalue weighted by Gasteiger charge is -2.02. The molecule has 3 aromatic heterocycles. The third-order valence-electron chi connectivity index (χ3n) is 3.48. The first-order chi connectivity index (χ1) is 9.78. The molecule has 0 aliphatic rings. The van der Waals surface area contributed by atoms with Crippen LogP contribution in [0.25, 0.3) is 11.0 Å². The number of aryl methyl sites for hydroxylation is 3. The van der Waals surface area contributed by atoms with Crippen molar-refractivity contribution in [2.24, 2.45) is 7.05 Å². The van der Waals surface area contributed by atoms with Crippen LogP contribution >= 0.6 is 0 Å². The third-order valence-corrected chi connectivity index (χ3v) is 3.48. The zero-order chi connectivity index (χ0) is 13.9. The Morgan fingerprint density at radius 2 is 2.20 bits per heavy atom. The zero-order valence-electron chi connectivity index (χ0n) is 11.9. The number of fused-ring (bicyclic) bond motifs is 1. The average Bonchev–Trinajstić information content (AvgIpc) is 3.02. The molecule has 20 heavy (non-hydrogen) atoms. The standard InChI is InChI=1S/C15H19N5/c1-16-9-13-11-20(15-14(13)4-3-6-17-15)7-5-12-8-18-19(2)10-12/h3-4,6,8,10-11,16H,5,7,9H2,1-2H3. The molecule has 1 N–H and O–H groups in total. The van der Waals surface area contributed by atoms with Crippen molar-refractivity contribution in [2.45, 2.75) is 19.5 Å². The lowest BCUT2D eigenvalue weighted by Crippen LogP contribution is -2.04. The van der Waals surface area contributed by atoms with Crippen molar-refractivity contribution < 1.29 is 0 Å². The minimum atomic E-state index is 0.863. The van der Waals surface area contributed by atoms with Gasteiger partial charge < -0.3 is 9.88 Å². The van der Waals surface area contributed by atoms with Crippen LogP contribution in [0.5, 0.6) is 0 Å². The van der Waals surface area contributed by atoms with E-state index in [0.29, 0.717) is 0 Å². The van der Waals surface area contributed by atoms with Gasteiger partial charge in [-0.15, -0.1) is 0 Å². The summed E-state index contributed by atoms with van der Waals surface area (Å²) in [6.45, 7) is 1.78. The van der Waals surface area contributed by atoms with E-state index in [9.17, 15) is 0 Å². The largest absolute Gasteiger partial charge is 0.332 e. The van der Waals surface area contributed by atoms with Crippen LogP contribution in [0.15, 0.2) is 36.9 Å². The summed E-state index contributed by atoms with van der Waals surface area (Å²) in [5.41, 5.74) is 3.60. The van der Waals surface area contributed by atoms with E-state index in [1.165, 1.54) is 16.5 Å². The number of pyridine rings is 1. The molecule has 0 saturated heterocycles.